The molecule has 0 unspecified atom stereocenters. The standard InChI is InChI=1S/2Li.2Mn.8O.Sr/q2*+1;;;;;;;4*-1;+2. The number of hydrogen-bond donors (Lipinski definition) is 0. The molecule has 0 heterocycles. The van der Waals surface area contributed by atoms with E-state index < -0.39 is 26.7 Å². The summed E-state index contributed by atoms with van der Waals surface area (Å²) in [6.07, 6.45) is 0. The SMILES string of the molecule is [Li+].[Li+].[O]=[Mn](=[O])([O-])[O-].[O]=[Mn](=[O])([O-])[O-].[Sr+2]. The molecule has 13 heavy (non-hydrogen) atoms. The molecule has 0 aromatic rings. The van der Waals surface area contributed by atoms with Crippen molar-refractivity contribution in [1.29, 1.82) is 0 Å². The topological polar surface area (TPSA) is 161 Å². The quantitative estimate of drug-likeness (QED) is 0.393. The van der Waals surface area contributed by atoms with Crippen LogP contribution >= 0.6 is 0 Å². The fraction of sp³-hybridized carbons (Fsp3) is 0. The predicted molar refractivity (Wildman–Crippen MR) is 8.50 cm³/mol. The van der Waals surface area contributed by atoms with Crippen LogP contribution in [0.1, 0.15) is 0 Å². The summed E-state index contributed by atoms with van der Waals surface area (Å²) in [7, 11) is 0. The van der Waals surface area contributed by atoms with E-state index in [9.17, 15) is 0 Å². The van der Waals surface area contributed by atoms with Gasteiger partial charge in [-0.1, -0.05) is 0 Å². The van der Waals surface area contributed by atoms with Crippen molar-refractivity contribution in [3.63, 3.8) is 0 Å². The molecule has 0 radical (unpaired) electrons. The van der Waals surface area contributed by atoms with E-state index in [4.69, 9.17) is 32.1 Å². The molecule has 0 aromatic heterocycles. The molecule has 66 valence electrons. The van der Waals surface area contributed by atoms with E-state index in [2.05, 4.69) is 0 Å². The van der Waals surface area contributed by atoms with Crippen LogP contribution in [0.5, 0.6) is 0 Å². The van der Waals surface area contributed by atoms with Gasteiger partial charge in [-0.3, -0.25) is 0 Å². The summed E-state index contributed by atoms with van der Waals surface area (Å²) in [5, 5.41) is 0. The summed E-state index contributed by atoms with van der Waals surface area (Å²) in [6, 6.07) is 0. The van der Waals surface area contributed by atoms with E-state index in [1.54, 1.807) is 0 Å². The third-order valence-electron chi connectivity index (χ3n) is 0. The van der Waals surface area contributed by atoms with Crippen molar-refractivity contribution in [3.8, 4) is 0 Å². The summed E-state index contributed by atoms with van der Waals surface area (Å²) >= 11 is -11.2. The van der Waals surface area contributed by atoms with Gasteiger partial charge < -0.3 is 0 Å². The Kier molecular flexibility index (Phi) is 29.2. The van der Waals surface area contributed by atoms with Gasteiger partial charge >= 0.3 is 142 Å². The molecule has 0 aliphatic rings. The summed E-state index contributed by atoms with van der Waals surface area (Å²) in [4.78, 5) is 0. The third kappa shape index (κ3) is 316. The van der Waals surface area contributed by atoms with Crippen molar-refractivity contribution < 1.29 is 96.6 Å². The predicted octanol–water partition coefficient (Wildman–Crippen LogP) is -11.6. The van der Waals surface area contributed by atoms with Gasteiger partial charge in [0.25, 0.3) is 0 Å². The summed E-state index contributed by atoms with van der Waals surface area (Å²) in [5.41, 5.74) is 0. The molecule has 0 amide bonds. The van der Waals surface area contributed by atoms with E-state index in [1.165, 1.54) is 0 Å². The van der Waals surface area contributed by atoms with E-state index in [0.29, 0.717) is 0 Å². The summed E-state index contributed by atoms with van der Waals surface area (Å²) in [6.45, 7) is 0. The minimum Gasteiger partial charge on any atom is 2.00 e. The van der Waals surface area contributed by atoms with Crippen LogP contribution in [0.3, 0.4) is 0 Å². The second-order valence-electron chi connectivity index (χ2n) is 0.756. The molecule has 0 aliphatic heterocycles. The smallest absolute Gasteiger partial charge is 2.00 e. The minimum atomic E-state index is -5.62. The van der Waals surface area contributed by atoms with Crippen molar-refractivity contribution in [2.75, 3.05) is 0 Å². The zero-order chi connectivity index (χ0) is 9.00. The van der Waals surface area contributed by atoms with Crippen LogP contribution in [-0.2, 0) is 42.1 Å². The fourth-order valence-electron chi connectivity index (χ4n) is 0. The van der Waals surface area contributed by atoms with Crippen molar-refractivity contribution in [3.05, 3.63) is 0 Å². The maximum atomic E-state index is 8.58. The molecule has 0 saturated heterocycles. The van der Waals surface area contributed by atoms with E-state index in [0.717, 1.165) is 0 Å². The van der Waals surface area contributed by atoms with Crippen molar-refractivity contribution in [2.24, 2.45) is 0 Å². The summed E-state index contributed by atoms with van der Waals surface area (Å²) in [5.74, 6) is 0. The second-order valence-corrected chi connectivity index (χ2v) is 3.12. The summed E-state index contributed by atoms with van der Waals surface area (Å²) < 4.78 is 68.6. The number of hydrogen-bond acceptors (Lipinski definition) is 8. The van der Waals surface area contributed by atoms with Crippen LogP contribution in [0.15, 0.2) is 0 Å². The van der Waals surface area contributed by atoms with Gasteiger partial charge in [-0.05, 0) is 0 Å². The zero-order valence-electron chi connectivity index (χ0n) is 6.73. The van der Waals surface area contributed by atoms with Gasteiger partial charge in [-0.2, -0.15) is 0 Å². The minimum absolute atomic E-state index is 0. The number of rotatable bonds is 0. The molecular formula is Li2Mn2O8Sr. The van der Waals surface area contributed by atoms with Gasteiger partial charge in [0.1, 0.15) is 0 Å². The molecule has 0 rings (SSSR count). The maximum Gasteiger partial charge on any atom is 2.00 e. The van der Waals surface area contributed by atoms with Crippen molar-refractivity contribution >= 4 is 45.5 Å². The van der Waals surface area contributed by atoms with E-state index >= 15 is 0 Å². The van der Waals surface area contributed by atoms with Gasteiger partial charge in [0, 0.05) is 0 Å². The first kappa shape index (κ1) is 29.7. The van der Waals surface area contributed by atoms with Crippen LogP contribution in [0.4, 0.5) is 0 Å². The zero-order valence-corrected chi connectivity index (χ0v) is 12.6. The van der Waals surface area contributed by atoms with Crippen molar-refractivity contribution in [1.82, 2.24) is 0 Å². The van der Waals surface area contributed by atoms with Gasteiger partial charge in [0.2, 0.25) is 0 Å². The Hall–Kier alpha value is 2.75. The Morgan fingerprint density at radius 3 is 0.615 bits per heavy atom. The van der Waals surface area contributed by atoms with Gasteiger partial charge in [0.15, 0.2) is 0 Å². The largest absolute Gasteiger partial charge is 2.00 e. The molecule has 0 fully saturated rings. The molecule has 0 spiro atoms. The molecule has 0 saturated carbocycles. The fourth-order valence-corrected chi connectivity index (χ4v) is 0. The molecule has 0 aliphatic carbocycles. The maximum absolute atomic E-state index is 8.58. The van der Waals surface area contributed by atoms with Gasteiger partial charge in [-0.15, -0.1) is 0 Å². The van der Waals surface area contributed by atoms with Gasteiger partial charge in [0.05, 0.1) is 0 Å². The Labute approximate surface area is 139 Å². The second kappa shape index (κ2) is 12.8. The van der Waals surface area contributed by atoms with Crippen molar-refractivity contribution in [2.45, 2.75) is 0 Å². The monoisotopic (exact) mass is 340 g/mol. The molecular weight excluding hydrogens is 339 g/mol. The first-order valence-electron chi connectivity index (χ1n) is 1.23. The Bertz CT molecular complexity index is 217. The van der Waals surface area contributed by atoms with Crippen LogP contribution in [0, 0.1) is 0 Å². The Balaban J connectivity index is -0.0000000267. The molecule has 13 heteroatoms. The molecule has 0 aromatic carbocycles. The van der Waals surface area contributed by atoms with Gasteiger partial charge in [-0.25, -0.2) is 0 Å². The normalized spacial score (nSPS) is 8.92. The third-order valence-corrected chi connectivity index (χ3v) is 0. The average Bonchev–Trinajstić information content (AvgIpc) is 1.12. The van der Waals surface area contributed by atoms with Crippen LogP contribution in [-0.4, -0.2) is 45.5 Å². The average molecular weight is 339 g/mol. The van der Waals surface area contributed by atoms with Crippen LogP contribution in [0.2, 0.25) is 0 Å². The first-order valence-corrected chi connectivity index (χ1v) is 5.09. The van der Waals surface area contributed by atoms with Crippen LogP contribution in [0.25, 0.3) is 0 Å². The molecule has 0 atom stereocenters. The first-order chi connectivity index (χ1) is 4.00. The molecule has 8 nitrogen and oxygen atoms in total. The van der Waals surface area contributed by atoms with E-state index in [-0.39, 0.29) is 83.2 Å². The molecule has 0 bridgehead atoms. The van der Waals surface area contributed by atoms with Crippen LogP contribution < -0.4 is 54.5 Å². The Morgan fingerprint density at radius 2 is 0.615 bits per heavy atom. The molecule has 0 N–H and O–H groups in total. The Morgan fingerprint density at radius 1 is 0.615 bits per heavy atom. The van der Waals surface area contributed by atoms with E-state index in [1.807, 2.05) is 0 Å².